The van der Waals surface area contributed by atoms with Crippen LogP contribution in [0.4, 0.5) is 0 Å². The highest BCUT2D eigenvalue weighted by molar-refractivity contribution is 7.13. The van der Waals surface area contributed by atoms with E-state index in [9.17, 15) is 0 Å². The Labute approximate surface area is 142 Å². The lowest BCUT2D eigenvalue weighted by Gasteiger charge is -2.40. The molecule has 0 saturated carbocycles. The summed E-state index contributed by atoms with van der Waals surface area (Å²) in [5.41, 5.74) is 0. The molecule has 0 amide bonds. The molecule has 5 nitrogen and oxygen atoms in total. The Morgan fingerprint density at radius 1 is 1.13 bits per heavy atom. The number of hydrogen-bond acceptors (Lipinski definition) is 4. The molecule has 2 aliphatic heterocycles. The summed E-state index contributed by atoms with van der Waals surface area (Å²) in [5.74, 6) is 2.70. The maximum absolute atomic E-state index is 4.44. The predicted octanol–water partition coefficient (Wildman–Crippen LogP) is 3.04. The Balaban J connectivity index is 1.70. The largest absolute Gasteiger partial charge is 0.312 e. The molecule has 2 aliphatic rings. The summed E-state index contributed by atoms with van der Waals surface area (Å²) in [6.07, 6.45) is 6.48. The fourth-order valence-corrected chi connectivity index (χ4v) is 4.64. The number of piperidine rings is 1. The lowest BCUT2D eigenvalue weighted by atomic mass is 9.95. The average Bonchev–Trinajstić information content (AvgIpc) is 3.02. The van der Waals surface area contributed by atoms with Gasteiger partial charge in [-0.2, -0.15) is 0 Å². The van der Waals surface area contributed by atoms with E-state index >= 15 is 0 Å². The van der Waals surface area contributed by atoms with Gasteiger partial charge in [-0.3, -0.25) is 9.99 Å². The number of hydrogen-bond donors (Lipinski definition) is 1. The van der Waals surface area contributed by atoms with Crippen LogP contribution in [-0.4, -0.2) is 44.3 Å². The van der Waals surface area contributed by atoms with Gasteiger partial charge in [-0.25, -0.2) is 0 Å². The Hall–Kier alpha value is -0.510. The summed E-state index contributed by atoms with van der Waals surface area (Å²) in [6, 6.07) is 2.66. The Morgan fingerprint density at radius 2 is 1.78 bits per heavy atom. The van der Waals surface area contributed by atoms with Gasteiger partial charge >= 0.3 is 0 Å². The van der Waals surface area contributed by atoms with Crippen LogP contribution in [0.15, 0.2) is 0 Å². The lowest BCUT2D eigenvalue weighted by molar-refractivity contribution is 0.101. The molecule has 23 heavy (non-hydrogen) atoms. The van der Waals surface area contributed by atoms with Gasteiger partial charge in [0.15, 0.2) is 0 Å². The molecule has 0 spiro atoms. The summed E-state index contributed by atoms with van der Waals surface area (Å²) in [4.78, 5) is 2.78. The first kappa shape index (κ1) is 17.3. The fourth-order valence-electron chi connectivity index (χ4n) is 4.48. The second-order valence-electron chi connectivity index (χ2n) is 7.73. The van der Waals surface area contributed by atoms with Crippen molar-refractivity contribution in [1.29, 1.82) is 0 Å². The van der Waals surface area contributed by atoms with E-state index in [1.54, 1.807) is 0 Å². The molecule has 3 heterocycles. The van der Waals surface area contributed by atoms with Crippen molar-refractivity contribution in [3.8, 4) is 0 Å². The summed E-state index contributed by atoms with van der Waals surface area (Å²) >= 11 is 0. The normalized spacial score (nSPS) is 29.4. The maximum Gasteiger partial charge on any atom is 0.135 e. The number of fused-ring (bicyclic) bond motifs is 2. The van der Waals surface area contributed by atoms with Crippen LogP contribution < -0.4 is 5.09 Å². The van der Waals surface area contributed by atoms with Gasteiger partial charge in [0.25, 0.3) is 0 Å². The molecule has 3 unspecified atom stereocenters. The minimum atomic E-state index is 0.445. The molecule has 0 aliphatic carbocycles. The number of nitrogens with zero attached hydrogens (tertiary/aromatic N) is 4. The molecular formula is C17H32N5P. The van der Waals surface area contributed by atoms with Gasteiger partial charge in [-0.05, 0) is 46.0 Å². The number of nitrogens with one attached hydrogen (secondary N) is 1. The first-order chi connectivity index (χ1) is 11.0. The molecule has 130 valence electrons. The van der Waals surface area contributed by atoms with Crippen LogP contribution in [-0.2, 0) is 0 Å². The number of aryl methyl sites for hydroxylation is 1. The van der Waals surface area contributed by atoms with Crippen LogP contribution in [0.2, 0.25) is 0 Å². The van der Waals surface area contributed by atoms with E-state index in [1.165, 1.54) is 44.5 Å². The predicted molar refractivity (Wildman–Crippen MR) is 97.6 cm³/mol. The molecule has 1 aromatic heterocycles. The second-order valence-corrected chi connectivity index (χ2v) is 8.07. The zero-order valence-corrected chi connectivity index (χ0v) is 16.2. The number of aromatic nitrogens is 3. The van der Waals surface area contributed by atoms with Crippen molar-refractivity contribution >= 4 is 9.39 Å². The SMILES string of the molecule is Cc1nnc(C(C)C)n1C1CC2CCC(C1)N2CC[C@@H](C)NP. The van der Waals surface area contributed by atoms with Crippen molar-refractivity contribution in [3.63, 3.8) is 0 Å². The van der Waals surface area contributed by atoms with Crippen molar-refractivity contribution in [2.45, 2.75) is 89.9 Å². The molecule has 2 fully saturated rings. The number of rotatable bonds is 6. The molecule has 1 N–H and O–H groups in total. The minimum Gasteiger partial charge on any atom is -0.312 e. The van der Waals surface area contributed by atoms with Crippen molar-refractivity contribution in [3.05, 3.63) is 11.6 Å². The Morgan fingerprint density at radius 3 is 2.35 bits per heavy atom. The molecule has 6 heteroatoms. The quantitative estimate of drug-likeness (QED) is 0.811. The van der Waals surface area contributed by atoms with E-state index in [4.69, 9.17) is 0 Å². The average molecular weight is 337 g/mol. The van der Waals surface area contributed by atoms with Gasteiger partial charge in [0.05, 0.1) is 0 Å². The molecule has 0 radical (unpaired) electrons. The third-order valence-electron chi connectivity index (χ3n) is 5.74. The first-order valence-electron chi connectivity index (χ1n) is 9.14. The van der Waals surface area contributed by atoms with Crippen LogP contribution in [0, 0.1) is 6.92 Å². The molecule has 0 aromatic carbocycles. The highest BCUT2D eigenvalue weighted by Gasteiger charge is 2.41. The van der Waals surface area contributed by atoms with Crippen LogP contribution >= 0.6 is 9.39 Å². The molecule has 4 atom stereocenters. The van der Waals surface area contributed by atoms with Crippen molar-refractivity contribution in [2.24, 2.45) is 0 Å². The van der Waals surface area contributed by atoms with E-state index < -0.39 is 0 Å². The summed E-state index contributed by atoms with van der Waals surface area (Å²) in [7, 11) is 2.64. The Bertz CT molecular complexity index is 515. The zero-order chi connectivity index (χ0) is 16.6. The van der Waals surface area contributed by atoms with E-state index in [1.807, 2.05) is 0 Å². The standard InChI is InChI=1S/C17H32N5P/c1-11(2)17-19-18-13(4)22(17)16-9-14-5-6-15(10-16)21(14)8-7-12(3)20-23/h11-12,14-16,20H,5-10,23H2,1-4H3/t12-,14?,15?,16?/m1/s1. The van der Waals surface area contributed by atoms with Crippen LogP contribution in [0.25, 0.3) is 0 Å². The second kappa shape index (κ2) is 7.16. The van der Waals surface area contributed by atoms with Gasteiger partial charge in [-0.1, -0.05) is 23.2 Å². The third kappa shape index (κ3) is 3.47. The fraction of sp³-hybridized carbons (Fsp3) is 0.882. The molecule has 2 saturated heterocycles. The molecule has 3 rings (SSSR count). The highest BCUT2D eigenvalue weighted by atomic mass is 31.0. The zero-order valence-electron chi connectivity index (χ0n) is 15.0. The highest BCUT2D eigenvalue weighted by Crippen LogP contribution is 2.42. The van der Waals surface area contributed by atoms with Crippen LogP contribution in [0.5, 0.6) is 0 Å². The van der Waals surface area contributed by atoms with Crippen LogP contribution in [0.3, 0.4) is 0 Å². The topological polar surface area (TPSA) is 46.0 Å². The summed E-state index contributed by atoms with van der Waals surface area (Å²) in [6.45, 7) is 10.0. The van der Waals surface area contributed by atoms with E-state index in [0.29, 0.717) is 18.0 Å². The summed E-state index contributed by atoms with van der Waals surface area (Å²) in [5, 5.41) is 12.1. The van der Waals surface area contributed by atoms with Crippen molar-refractivity contribution in [1.82, 2.24) is 24.8 Å². The van der Waals surface area contributed by atoms with E-state index in [-0.39, 0.29) is 0 Å². The van der Waals surface area contributed by atoms with Gasteiger partial charge in [0, 0.05) is 36.6 Å². The van der Waals surface area contributed by atoms with Gasteiger partial charge in [0.1, 0.15) is 11.6 Å². The third-order valence-corrected chi connectivity index (χ3v) is 6.31. The van der Waals surface area contributed by atoms with Gasteiger partial charge in [-0.15, -0.1) is 10.2 Å². The van der Waals surface area contributed by atoms with Crippen molar-refractivity contribution in [2.75, 3.05) is 6.54 Å². The van der Waals surface area contributed by atoms with E-state index in [2.05, 4.69) is 61.8 Å². The first-order valence-corrected chi connectivity index (χ1v) is 9.72. The molecular weight excluding hydrogens is 305 g/mol. The summed E-state index contributed by atoms with van der Waals surface area (Å²) < 4.78 is 2.44. The van der Waals surface area contributed by atoms with Gasteiger partial charge in [0.2, 0.25) is 0 Å². The monoisotopic (exact) mass is 337 g/mol. The maximum atomic E-state index is 4.44. The molecule has 1 aromatic rings. The van der Waals surface area contributed by atoms with E-state index in [0.717, 1.165) is 17.9 Å². The lowest BCUT2D eigenvalue weighted by Crippen LogP contribution is -2.45. The minimum absolute atomic E-state index is 0.445. The Kier molecular flexibility index (Phi) is 5.39. The van der Waals surface area contributed by atoms with Crippen molar-refractivity contribution < 1.29 is 0 Å². The van der Waals surface area contributed by atoms with Gasteiger partial charge < -0.3 is 4.57 Å². The van der Waals surface area contributed by atoms with Crippen LogP contribution in [0.1, 0.15) is 76.5 Å². The smallest absolute Gasteiger partial charge is 0.135 e. The molecule has 2 bridgehead atoms.